The minimum atomic E-state index is -3.47. The topological polar surface area (TPSA) is 85.3 Å². The first-order valence-corrected chi connectivity index (χ1v) is 7.41. The van der Waals surface area contributed by atoms with E-state index in [1.165, 1.54) is 0 Å². The SMILES string of the molecule is NCc1ccc(S(=O)(=O)NCCc2ccco2)cc1. The van der Waals surface area contributed by atoms with Gasteiger partial charge in [0.1, 0.15) is 5.76 Å². The van der Waals surface area contributed by atoms with Gasteiger partial charge in [0.15, 0.2) is 0 Å². The van der Waals surface area contributed by atoms with Crippen LogP contribution in [0.25, 0.3) is 0 Å². The molecule has 6 heteroatoms. The zero-order chi connectivity index (χ0) is 13.7. The zero-order valence-corrected chi connectivity index (χ0v) is 11.2. The maximum absolute atomic E-state index is 12.0. The van der Waals surface area contributed by atoms with Crippen LogP contribution in [0, 0.1) is 0 Å². The number of nitrogens with two attached hydrogens (primary N) is 1. The lowest BCUT2D eigenvalue weighted by Crippen LogP contribution is -2.25. The van der Waals surface area contributed by atoms with E-state index in [1.54, 1.807) is 36.6 Å². The van der Waals surface area contributed by atoms with Gasteiger partial charge in [-0.15, -0.1) is 0 Å². The van der Waals surface area contributed by atoms with Gasteiger partial charge in [-0.1, -0.05) is 12.1 Å². The quantitative estimate of drug-likeness (QED) is 0.834. The zero-order valence-electron chi connectivity index (χ0n) is 10.4. The highest BCUT2D eigenvalue weighted by molar-refractivity contribution is 7.89. The number of furan rings is 1. The van der Waals surface area contributed by atoms with Crippen molar-refractivity contribution >= 4 is 10.0 Å². The summed E-state index contributed by atoms with van der Waals surface area (Å²) in [5.41, 5.74) is 6.37. The fourth-order valence-corrected chi connectivity index (χ4v) is 2.68. The Morgan fingerprint density at radius 3 is 2.47 bits per heavy atom. The highest BCUT2D eigenvalue weighted by Crippen LogP contribution is 2.10. The Hall–Kier alpha value is -1.63. The van der Waals surface area contributed by atoms with E-state index < -0.39 is 10.0 Å². The van der Waals surface area contributed by atoms with Crippen molar-refractivity contribution in [2.24, 2.45) is 5.73 Å². The molecule has 0 fully saturated rings. The Morgan fingerprint density at radius 2 is 1.89 bits per heavy atom. The Labute approximate surface area is 112 Å². The molecule has 5 nitrogen and oxygen atoms in total. The highest BCUT2D eigenvalue weighted by Gasteiger charge is 2.13. The molecule has 1 aromatic carbocycles. The van der Waals surface area contributed by atoms with E-state index in [0.29, 0.717) is 19.5 Å². The third-order valence-electron chi connectivity index (χ3n) is 2.71. The van der Waals surface area contributed by atoms with Gasteiger partial charge in [-0.25, -0.2) is 13.1 Å². The van der Waals surface area contributed by atoms with Crippen LogP contribution in [0.2, 0.25) is 0 Å². The standard InChI is InChI=1S/C13H16N2O3S/c14-10-11-3-5-13(6-4-11)19(16,17)15-8-7-12-2-1-9-18-12/h1-6,9,15H,7-8,10,14H2. The molecule has 0 aliphatic heterocycles. The van der Waals surface area contributed by atoms with Crippen LogP contribution in [0.5, 0.6) is 0 Å². The molecule has 0 saturated heterocycles. The first-order valence-electron chi connectivity index (χ1n) is 5.93. The molecule has 0 amide bonds. The minimum absolute atomic E-state index is 0.240. The molecule has 1 heterocycles. The lowest BCUT2D eigenvalue weighted by molar-refractivity contribution is 0.506. The molecule has 0 radical (unpaired) electrons. The Bertz CT molecular complexity index is 604. The van der Waals surface area contributed by atoms with Gasteiger partial charge in [0, 0.05) is 19.5 Å². The molecular formula is C13H16N2O3S. The van der Waals surface area contributed by atoms with E-state index in [1.807, 2.05) is 6.07 Å². The van der Waals surface area contributed by atoms with Crippen molar-refractivity contribution in [2.45, 2.75) is 17.9 Å². The molecular weight excluding hydrogens is 264 g/mol. The molecule has 2 rings (SSSR count). The van der Waals surface area contributed by atoms with E-state index >= 15 is 0 Å². The maximum Gasteiger partial charge on any atom is 0.240 e. The van der Waals surface area contributed by atoms with Gasteiger partial charge in [0.25, 0.3) is 0 Å². The molecule has 0 bridgehead atoms. The van der Waals surface area contributed by atoms with Gasteiger partial charge in [-0.2, -0.15) is 0 Å². The first-order chi connectivity index (χ1) is 9.12. The van der Waals surface area contributed by atoms with E-state index in [9.17, 15) is 8.42 Å². The second-order valence-electron chi connectivity index (χ2n) is 4.08. The van der Waals surface area contributed by atoms with Crippen molar-refractivity contribution < 1.29 is 12.8 Å². The van der Waals surface area contributed by atoms with Crippen LogP contribution < -0.4 is 10.5 Å². The summed E-state index contributed by atoms with van der Waals surface area (Å²) in [5.74, 6) is 0.751. The third-order valence-corrected chi connectivity index (χ3v) is 4.19. The number of hydrogen-bond acceptors (Lipinski definition) is 4. The van der Waals surface area contributed by atoms with E-state index in [-0.39, 0.29) is 4.90 Å². The molecule has 0 atom stereocenters. The van der Waals surface area contributed by atoms with Crippen molar-refractivity contribution in [1.29, 1.82) is 0 Å². The molecule has 2 aromatic rings. The number of hydrogen-bond donors (Lipinski definition) is 2. The van der Waals surface area contributed by atoms with Crippen molar-refractivity contribution in [1.82, 2.24) is 4.72 Å². The maximum atomic E-state index is 12.0. The highest BCUT2D eigenvalue weighted by atomic mass is 32.2. The summed E-state index contributed by atoms with van der Waals surface area (Å²) in [4.78, 5) is 0.240. The van der Waals surface area contributed by atoms with E-state index in [0.717, 1.165) is 11.3 Å². The number of benzene rings is 1. The second kappa shape index (κ2) is 6.01. The van der Waals surface area contributed by atoms with Crippen LogP contribution in [0.4, 0.5) is 0 Å². The minimum Gasteiger partial charge on any atom is -0.469 e. The molecule has 19 heavy (non-hydrogen) atoms. The number of rotatable bonds is 6. The molecule has 0 spiro atoms. The molecule has 0 saturated carbocycles. The third kappa shape index (κ3) is 3.66. The first kappa shape index (κ1) is 13.8. The van der Waals surface area contributed by atoms with Crippen LogP contribution in [0.1, 0.15) is 11.3 Å². The Kier molecular flexibility index (Phi) is 4.36. The Balaban J connectivity index is 1.97. The van der Waals surface area contributed by atoms with Crippen LogP contribution in [0.15, 0.2) is 52.0 Å². The predicted molar refractivity (Wildman–Crippen MR) is 71.9 cm³/mol. The molecule has 0 unspecified atom stereocenters. The van der Waals surface area contributed by atoms with E-state index in [2.05, 4.69) is 4.72 Å². The smallest absolute Gasteiger partial charge is 0.240 e. The second-order valence-corrected chi connectivity index (χ2v) is 5.84. The van der Waals surface area contributed by atoms with Gasteiger partial charge in [0.05, 0.1) is 11.2 Å². The molecule has 0 aliphatic carbocycles. The van der Waals surface area contributed by atoms with Gasteiger partial charge in [-0.3, -0.25) is 0 Å². The summed E-state index contributed by atoms with van der Waals surface area (Å²) in [6.07, 6.45) is 2.09. The summed E-state index contributed by atoms with van der Waals surface area (Å²) in [6.45, 7) is 0.695. The lowest BCUT2D eigenvalue weighted by Gasteiger charge is -2.06. The summed E-state index contributed by atoms with van der Waals surface area (Å²) < 4.78 is 31.6. The molecule has 0 aliphatic rings. The molecule has 3 N–H and O–H groups in total. The summed E-state index contributed by atoms with van der Waals surface area (Å²) in [5, 5.41) is 0. The summed E-state index contributed by atoms with van der Waals surface area (Å²) >= 11 is 0. The van der Waals surface area contributed by atoms with Crippen molar-refractivity contribution in [3.05, 3.63) is 54.0 Å². The normalized spacial score (nSPS) is 11.6. The largest absolute Gasteiger partial charge is 0.469 e. The Morgan fingerprint density at radius 1 is 1.16 bits per heavy atom. The van der Waals surface area contributed by atoms with Crippen LogP contribution in [-0.4, -0.2) is 15.0 Å². The van der Waals surface area contributed by atoms with Crippen molar-refractivity contribution in [3.63, 3.8) is 0 Å². The summed E-state index contributed by atoms with van der Waals surface area (Å²) in [7, 11) is -3.47. The van der Waals surface area contributed by atoms with Crippen LogP contribution in [-0.2, 0) is 23.0 Å². The molecule has 102 valence electrons. The van der Waals surface area contributed by atoms with Gasteiger partial charge >= 0.3 is 0 Å². The van der Waals surface area contributed by atoms with Crippen LogP contribution in [0.3, 0.4) is 0 Å². The lowest BCUT2D eigenvalue weighted by atomic mass is 10.2. The van der Waals surface area contributed by atoms with E-state index in [4.69, 9.17) is 10.2 Å². The number of nitrogens with one attached hydrogen (secondary N) is 1. The average Bonchev–Trinajstić information content (AvgIpc) is 2.92. The predicted octanol–water partition coefficient (Wildman–Crippen LogP) is 1.26. The van der Waals surface area contributed by atoms with Gasteiger partial charge in [-0.05, 0) is 29.8 Å². The van der Waals surface area contributed by atoms with Gasteiger partial charge in [0.2, 0.25) is 10.0 Å². The summed E-state index contributed by atoms with van der Waals surface area (Å²) in [6, 6.07) is 10.1. The van der Waals surface area contributed by atoms with Crippen molar-refractivity contribution in [2.75, 3.05) is 6.54 Å². The molecule has 1 aromatic heterocycles. The number of sulfonamides is 1. The van der Waals surface area contributed by atoms with Crippen LogP contribution >= 0.6 is 0 Å². The fourth-order valence-electron chi connectivity index (χ4n) is 1.65. The fraction of sp³-hybridized carbons (Fsp3) is 0.231. The van der Waals surface area contributed by atoms with Crippen molar-refractivity contribution in [3.8, 4) is 0 Å². The van der Waals surface area contributed by atoms with Gasteiger partial charge < -0.3 is 10.2 Å². The monoisotopic (exact) mass is 280 g/mol. The average molecular weight is 280 g/mol.